The second-order valence-electron chi connectivity index (χ2n) is 5.76. The van der Waals surface area contributed by atoms with Gasteiger partial charge in [0.05, 0.1) is 12.0 Å². The minimum Gasteiger partial charge on any atom is -0.477 e. The maximum absolute atomic E-state index is 5.94. The van der Waals surface area contributed by atoms with Gasteiger partial charge in [-0.1, -0.05) is 35.9 Å². The van der Waals surface area contributed by atoms with Crippen LogP contribution in [0, 0.1) is 0 Å². The van der Waals surface area contributed by atoms with Crippen molar-refractivity contribution in [2.75, 3.05) is 6.61 Å². The lowest BCUT2D eigenvalue weighted by atomic mass is 10.1. The van der Waals surface area contributed by atoms with Crippen LogP contribution in [0.25, 0.3) is 11.0 Å². The molecule has 0 aliphatic carbocycles. The molecular weight excluding hydrogens is 286 g/mol. The molecule has 0 saturated carbocycles. The van der Waals surface area contributed by atoms with E-state index in [0.29, 0.717) is 12.5 Å². The van der Waals surface area contributed by atoms with Crippen molar-refractivity contribution in [2.45, 2.75) is 26.2 Å². The molecule has 0 fully saturated rings. The Labute approximate surface area is 136 Å². The molecule has 0 unspecified atom stereocenters. The predicted octanol–water partition coefficient (Wildman–Crippen LogP) is 4.09. The molecule has 1 aromatic carbocycles. The van der Waals surface area contributed by atoms with Gasteiger partial charge < -0.3 is 9.72 Å². The fraction of sp³-hybridized carbons (Fsp3) is 0.263. The summed E-state index contributed by atoms with van der Waals surface area (Å²) < 4.78 is 5.94. The molecule has 4 heteroatoms. The van der Waals surface area contributed by atoms with E-state index in [4.69, 9.17) is 4.74 Å². The molecule has 0 amide bonds. The van der Waals surface area contributed by atoms with Gasteiger partial charge in [0.2, 0.25) is 5.88 Å². The topological polar surface area (TPSA) is 50.8 Å². The zero-order chi connectivity index (χ0) is 16.1. The van der Waals surface area contributed by atoms with Gasteiger partial charge in [-0.15, -0.1) is 6.58 Å². The number of aryl methyl sites for hydroxylation is 1. The van der Waals surface area contributed by atoms with E-state index in [0.717, 1.165) is 30.3 Å². The second kappa shape index (κ2) is 7.09. The average molecular weight is 307 g/mol. The van der Waals surface area contributed by atoms with Gasteiger partial charge in [-0.3, -0.25) is 0 Å². The number of aromatic amines is 1. The number of H-pyrrole nitrogens is 1. The molecule has 2 aromatic heterocycles. The van der Waals surface area contributed by atoms with Crippen LogP contribution in [0.15, 0.2) is 55.0 Å². The van der Waals surface area contributed by atoms with Crippen molar-refractivity contribution >= 4 is 11.0 Å². The highest BCUT2D eigenvalue weighted by atomic mass is 16.5. The number of hydrogen-bond donors (Lipinski definition) is 1. The van der Waals surface area contributed by atoms with Crippen LogP contribution in [0.2, 0.25) is 0 Å². The molecule has 2 heterocycles. The van der Waals surface area contributed by atoms with E-state index < -0.39 is 0 Å². The summed E-state index contributed by atoms with van der Waals surface area (Å²) in [6.45, 7) is 6.61. The number of rotatable bonds is 7. The van der Waals surface area contributed by atoms with Crippen LogP contribution in [0.4, 0.5) is 0 Å². The van der Waals surface area contributed by atoms with E-state index >= 15 is 0 Å². The number of ether oxygens (including phenoxy) is 1. The normalized spacial score (nSPS) is 10.8. The van der Waals surface area contributed by atoms with E-state index in [1.54, 1.807) is 6.33 Å². The van der Waals surface area contributed by atoms with Crippen molar-refractivity contribution in [1.29, 1.82) is 0 Å². The SMILES string of the molecule is C=C(C)CCc1c[nH]c2ncnc(OCCc3ccccc3)c12. The lowest BCUT2D eigenvalue weighted by Crippen LogP contribution is -2.03. The van der Waals surface area contributed by atoms with Crippen LogP contribution in [0.3, 0.4) is 0 Å². The summed E-state index contributed by atoms with van der Waals surface area (Å²) in [6, 6.07) is 10.3. The van der Waals surface area contributed by atoms with Crippen LogP contribution in [-0.4, -0.2) is 21.6 Å². The van der Waals surface area contributed by atoms with Crippen LogP contribution < -0.4 is 4.74 Å². The van der Waals surface area contributed by atoms with Gasteiger partial charge in [-0.05, 0) is 30.9 Å². The third-order valence-electron chi connectivity index (χ3n) is 3.81. The number of benzene rings is 1. The summed E-state index contributed by atoms with van der Waals surface area (Å²) >= 11 is 0. The Morgan fingerprint density at radius 1 is 1.17 bits per heavy atom. The third kappa shape index (κ3) is 3.77. The Balaban J connectivity index is 1.74. The summed E-state index contributed by atoms with van der Waals surface area (Å²) in [5, 5.41) is 0.988. The molecular formula is C19H21N3O. The monoisotopic (exact) mass is 307 g/mol. The molecule has 0 aliphatic rings. The lowest BCUT2D eigenvalue weighted by molar-refractivity contribution is 0.313. The number of hydrogen-bond acceptors (Lipinski definition) is 3. The van der Waals surface area contributed by atoms with Crippen LogP contribution in [0.1, 0.15) is 24.5 Å². The smallest absolute Gasteiger partial charge is 0.226 e. The molecule has 0 atom stereocenters. The highest BCUT2D eigenvalue weighted by molar-refractivity contribution is 5.84. The fourth-order valence-corrected chi connectivity index (χ4v) is 2.56. The number of allylic oxidation sites excluding steroid dienone is 1. The molecule has 0 bridgehead atoms. The first-order valence-corrected chi connectivity index (χ1v) is 7.86. The van der Waals surface area contributed by atoms with E-state index in [1.807, 2.05) is 31.3 Å². The predicted molar refractivity (Wildman–Crippen MR) is 92.7 cm³/mol. The zero-order valence-electron chi connectivity index (χ0n) is 13.4. The summed E-state index contributed by atoms with van der Waals surface area (Å²) in [7, 11) is 0. The van der Waals surface area contributed by atoms with Crippen LogP contribution in [-0.2, 0) is 12.8 Å². The zero-order valence-corrected chi connectivity index (χ0v) is 13.4. The molecule has 0 aliphatic heterocycles. The van der Waals surface area contributed by atoms with Gasteiger partial charge in [-0.25, -0.2) is 9.97 Å². The van der Waals surface area contributed by atoms with Crippen molar-refractivity contribution in [3.8, 4) is 5.88 Å². The van der Waals surface area contributed by atoms with Gasteiger partial charge in [0, 0.05) is 12.6 Å². The summed E-state index contributed by atoms with van der Waals surface area (Å²) in [5.41, 5.74) is 4.43. The Morgan fingerprint density at radius 2 is 2.00 bits per heavy atom. The summed E-state index contributed by atoms with van der Waals surface area (Å²) in [6.07, 6.45) is 6.26. The molecule has 3 rings (SSSR count). The van der Waals surface area contributed by atoms with E-state index in [2.05, 4.69) is 33.7 Å². The minimum absolute atomic E-state index is 0.598. The summed E-state index contributed by atoms with van der Waals surface area (Å²) in [5.74, 6) is 0.656. The minimum atomic E-state index is 0.598. The Bertz CT molecular complexity index is 793. The fourth-order valence-electron chi connectivity index (χ4n) is 2.56. The molecule has 0 spiro atoms. The number of aromatic nitrogens is 3. The van der Waals surface area contributed by atoms with Gasteiger partial charge in [0.15, 0.2) is 0 Å². The molecule has 0 radical (unpaired) electrons. The third-order valence-corrected chi connectivity index (χ3v) is 3.81. The van der Waals surface area contributed by atoms with E-state index in [1.165, 1.54) is 16.7 Å². The van der Waals surface area contributed by atoms with Crippen molar-refractivity contribution in [1.82, 2.24) is 15.0 Å². The van der Waals surface area contributed by atoms with Crippen LogP contribution >= 0.6 is 0 Å². The standard InChI is InChI=1S/C19H21N3O/c1-14(2)8-9-16-12-20-18-17(16)19(22-13-21-18)23-11-10-15-6-4-3-5-7-15/h3-7,12-13H,1,8-11H2,2H3,(H,20,21,22). The maximum atomic E-state index is 5.94. The van der Waals surface area contributed by atoms with Crippen molar-refractivity contribution < 1.29 is 4.74 Å². The van der Waals surface area contributed by atoms with Gasteiger partial charge >= 0.3 is 0 Å². The molecule has 0 saturated heterocycles. The maximum Gasteiger partial charge on any atom is 0.226 e. The summed E-state index contributed by atoms with van der Waals surface area (Å²) in [4.78, 5) is 11.8. The van der Waals surface area contributed by atoms with E-state index in [9.17, 15) is 0 Å². The highest BCUT2D eigenvalue weighted by Gasteiger charge is 2.12. The first-order chi connectivity index (χ1) is 11.2. The first-order valence-electron chi connectivity index (χ1n) is 7.86. The van der Waals surface area contributed by atoms with Crippen molar-refractivity contribution in [3.05, 3.63) is 66.1 Å². The number of nitrogens with one attached hydrogen (secondary N) is 1. The molecule has 118 valence electrons. The average Bonchev–Trinajstić information content (AvgIpc) is 2.98. The van der Waals surface area contributed by atoms with Crippen molar-refractivity contribution in [3.63, 3.8) is 0 Å². The Kier molecular flexibility index (Phi) is 4.71. The highest BCUT2D eigenvalue weighted by Crippen LogP contribution is 2.26. The van der Waals surface area contributed by atoms with Crippen LogP contribution in [0.5, 0.6) is 5.88 Å². The Hall–Kier alpha value is -2.62. The quantitative estimate of drug-likeness (QED) is 0.669. The van der Waals surface area contributed by atoms with Crippen molar-refractivity contribution in [2.24, 2.45) is 0 Å². The molecule has 1 N–H and O–H groups in total. The molecule has 23 heavy (non-hydrogen) atoms. The number of fused-ring (bicyclic) bond motifs is 1. The van der Waals surface area contributed by atoms with E-state index in [-0.39, 0.29) is 0 Å². The second-order valence-corrected chi connectivity index (χ2v) is 5.76. The molecule has 3 aromatic rings. The first kappa shape index (κ1) is 15.3. The molecule has 4 nitrogen and oxygen atoms in total. The largest absolute Gasteiger partial charge is 0.477 e. The van der Waals surface area contributed by atoms with Gasteiger partial charge in [-0.2, -0.15) is 0 Å². The van der Waals surface area contributed by atoms with Gasteiger partial charge in [0.25, 0.3) is 0 Å². The Morgan fingerprint density at radius 3 is 2.78 bits per heavy atom. The number of nitrogens with zero attached hydrogens (tertiary/aromatic N) is 2. The lowest BCUT2D eigenvalue weighted by Gasteiger charge is -2.08. The van der Waals surface area contributed by atoms with Gasteiger partial charge in [0.1, 0.15) is 12.0 Å².